The Balaban J connectivity index is 1.91. The topological polar surface area (TPSA) is 55.6 Å². The number of halogens is 2. The Morgan fingerprint density at radius 1 is 0.824 bits per heavy atom. The first-order valence-corrected chi connectivity index (χ1v) is 11.1. The van der Waals surface area contributed by atoms with Gasteiger partial charge in [0.2, 0.25) is 0 Å². The average Bonchev–Trinajstić information content (AvgIpc) is 3.29. The van der Waals surface area contributed by atoms with E-state index in [-0.39, 0.29) is 17.8 Å². The van der Waals surface area contributed by atoms with Gasteiger partial charge < -0.3 is 0 Å². The van der Waals surface area contributed by atoms with Crippen LogP contribution >= 0.6 is 0 Å². The predicted molar refractivity (Wildman–Crippen MR) is 130 cm³/mol. The van der Waals surface area contributed by atoms with E-state index in [2.05, 4.69) is 17.2 Å². The van der Waals surface area contributed by atoms with Gasteiger partial charge >= 0.3 is 0 Å². The maximum atomic E-state index is 13.8. The van der Waals surface area contributed by atoms with E-state index in [4.69, 9.17) is 10.1 Å². The number of hydrogen-bond acceptors (Lipinski definition) is 4. The van der Waals surface area contributed by atoms with Crippen LogP contribution in [0.5, 0.6) is 0 Å². The predicted octanol–water partition coefficient (Wildman–Crippen LogP) is 6.23. The molecule has 0 saturated heterocycles. The van der Waals surface area contributed by atoms with Crippen LogP contribution < -0.4 is 5.32 Å². The molecule has 5 rings (SSSR count). The van der Waals surface area contributed by atoms with Crippen LogP contribution in [0, 0.1) is 11.6 Å². The fraction of sp³-hybridized carbons (Fsp3) is 0.148. The van der Waals surface area contributed by atoms with Crippen LogP contribution in [-0.2, 0) is 0 Å². The lowest BCUT2D eigenvalue weighted by Gasteiger charge is -2.16. The number of hydrogen-bond donors (Lipinski definition) is 1. The van der Waals surface area contributed by atoms with Crippen LogP contribution in [0.1, 0.15) is 19.5 Å². The summed E-state index contributed by atoms with van der Waals surface area (Å²) in [6, 6.07) is 16.5. The Labute approximate surface area is 196 Å². The molecule has 7 heteroatoms. The lowest BCUT2D eigenvalue weighted by molar-refractivity contribution is 0.389. The van der Waals surface area contributed by atoms with Crippen molar-refractivity contribution >= 4 is 11.0 Å². The molecule has 0 aliphatic rings. The number of rotatable bonds is 6. The molecular formula is C27H23F2N5. The van der Waals surface area contributed by atoms with E-state index in [1.807, 2.05) is 30.1 Å². The quantitative estimate of drug-likeness (QED) is 0.330. The molecule has 1 atom stereocenters. The molecule has 5 nitrogen and oxygen atoms in total. The van der Waals surface area contributed by atoms with Crippen molar-refractivity contribution in [1.82, 2.24) is 25.1 Å². The first-order valence-electron chi connectivity index (χ1n) is 11.1. The van der Waals surface area contributed by atoms with Crippen LogP contribution in [0.4, 0.5) is 8.78 Å². The maximum absolute atomic E-state index is 13.8. The second kappa shape index (κ2) is 9.11. The summed E-state index contributed by atoms with van der Waals surface area (Å²) in [6.07, 6.45) is 6.25. The molecule has 3 heterocycles. The highest BCUT2D eigenvalue weighted by Gasteiger charge is 2.22. The number of fused-ring (bicyclic) bond motifs is 1. The number of aromatic nitrogens is 4. The van der Waals surface area contributed by atoms with Gasteiger partial charge in [-0.25, -0.2) is 13.8 Å². The van der Waals surface area contributed by atoms with E-state index in [0.29, 0.717) is 11.3 Å². The van der Waals surface area contributed by atoms with Gasteiger partial charge in [-0.05, 0) is 73.1 Å². The van der Waals surface area contributed by atoms with Crippen LogP contribution in [0.25, 0.3) is 44.5 Å². The van der Waals surface area contributed by atoms with Crippen molar-refractivity contribution < 1.29 is 8.78 Å². The molecule has 0 radical (unpaired) electrons. The van der Waals surface area contributed by atoms with Gasteiger partial charge in [-0.15, -0.1) is 0 Å². The lowest BCUT2D eigenvalue weighted by Crippen LogP contribution is -2.22. The second-order valence-electron chi connectivity index (χ2n) is 8.02. The summed E-state index contributed by atoms with van der Waals surface area (Å²) in [7, 11) is 1.89. The summed E-state index contributed by atoms with van der Waals surface area (Å²) in [5, 5.41) is 8.89. The van der Waals surface area contributed by atoms with Crippen LogP contribution in [0.15, 0.2) is 79.3 Å². The third kappa shape index (κ3) is 3.95. The van der Waals surface area contributed by atoms with Gasteiger partial charge in [0.1, 0.15) is 17.8 Å². The molecule has 0 bridgehead atoms. The highest BCUT2D eigenvalue weighted by Crippen LogP contribution is 2.43. The van der Waals surface area contributed by atoms with Gasteiger partial charge in [-0.2, -0.15) is 5.10 Å². The molecule has 1 N–H and O–H groups in total. The highest BCUT2D eigenvalue weighted by molar-refractivity contribution is 6.05. The van der Waals surface area contributed by atoms with Crippen LogP contribution in [-0.4, -0.2) is 26.8 Å². The highest BCUT2D eigenvalue weighted by atomic mass is 19.1. The molecule has 2 aromatic carbocycles. The summed E-state index contributed by atoms with van der Waals surface area (Å²) in [5.74, 6) is -0.631. The minimum Gasteiger partial charge on any atom is -0.299 e. The zero-order valence-corrected chi connectivity index (χ0v) is 18.8. The monoisotopic (exact) mass is 455 g/mol. The molecule has 0 aliphatic carbocycles. The molecular weight excluding hydrogens is 432 g/mol. The smallest absolute Gasteiger partial charge is 0.182 e. The van der Waals surface area contributed by atoms with E-state index in [1.165, 1.54) is 24.3 Å². The number of pyridine rings is 2. The van der Waals surface area contributed by atoms with Gasteiger partial charge in [-0.3, -0.25) is 15.0 Å². The normalized spacial score (nSPS) is 12.2. The van der Waals surface area contributed by atoms with E-state index < -0.39 is 0 Å². The van der Waals surface area contributed by atoms with Crippen LogP contribution in [0.3, 0.4) is 0 Å². The first-order chi connectivity index (χ1) is 16.6. The standard InChI is InChI=1S/C27H23F2N5/c1-3-23(30-2)34-16-22-24(17-4-8-20(28)9-5-17)25(18-12-14-31-15-13-18)26(32-27(22)33-34)19-6-10-21(29)11-7-19/h4-16,23,30H,3H2,1-2H3. The van der Waals surface area contributed by atoms with Crippen molar-refractivity contribution in [3.8, 4) is 33.5 Å². The summed E-state index contributed by atoms with van der Waals surface area (Å²) in [6.45, 7) is 2.08. The Morgan fingerprint density at radius 2 is 1.41 bits per heavy atom. The number of nitrogens with zero attached hydrogens (tertiary/aromatic N) is 4. The summed E-state index contributed by atoms with van der Waals surface area (Å²) < 4.78 is 29.5. The van der Waals surface area contributed by atoms with Crippen molar-refractivity contribution in [2.24, 2.45) is 0 Å². The zero-order valence-electron chi connectivity index (χ0n) is 18.8. The molecule has 0 saturated carbocycles. The van der Waals surface area contributed by atoms with Crippen molar-refractivity contribution in [2.75, 3.05) is 7.05 Å². The van der Waals surface area contributed by atoms with Gasteiger partial charge in [0.15, 0.2) is 5.65 Å². The Hall–Kier alpha value is -3.97. The zero-order chi connectivity index (χ0) is 23.7. The molecule has 0 amide bonds. The molecule has 0 spiro atoms. The Kier molecular flexibility index (Phi) is 5.86. The van der Waals surface area contributed by atoms with Crippen molar-refractivity contribution in [2.45, 2.75) is 19.5 Å². The van der Waals surface area contributed by atoms with E-state index in [1.54, 1.807) is 36.7 Å². The van der Waals surface area contributed by atoms with Gasteiger partial charge in [0, 0.05) is 40.7 Å². The fourth-order valence-corrected chi connectivity index (χ4v) is 4.27. The molecule has 170 valence electrons. The van der Waals surface area contributed by atoms with E-state index in [0.717, 1.165) is 39.6 Å². The van der Waals surface area contributed by atoms with Crippen molar-refractivity contribution in [3.63, 3.8) is 0 Å². The average molecular weight is 456 g/mol. The third-order valence-electron chi connectivity index (χ3n) is 5.95. The van der Waals surface area contributed by atoms with Crippen LogP contribution in [0.2, 0.25) is 0 Å². The minimum atomic E-state index is -0.321. The molecule has 5 aromatic rings. The van der Waals surface area contributed by atoms with Crippen molar-refractivity contribution in [3.05, 3.63) is 90.9 Å². The van der Waals surface area contributed by atoms with E-state index >= 15 is 0 Å². The molecule has 0 aliphatic heterocycles. The second-order valence-corrected chi connectivity index (χ2v) is 8.02. The number of nitrogens with one attached hydrogen (secondary N) is 1. The SMILES string of the molecule is CCC(NC)n1cc2c(-c3ccc(F)cc3)c(-c3ccncc3)c(-c3ccc(F)cc3)nc2n1. The summed E-state index contributed by atoms with van der Waals surface area (Å²) >= 11 is 0. The first kappa shape index (κ1) is 21.9. The fourth-order valence-electron chi connectivity index (χ4n) is 4.27. The Bertz CT molecular complexity index is 1420. The Morgan fingerprint density at radius 3 is 2.00 bits per heavy atom. The number of benzene rings is 2. The van der Waals surface area contributed by atoms with Crippen molar-refractivity contribution in [1.29, 1.82) is 0 Å². The van der Waals surface area contributed by atoms with E-state index in [9.17, 15) is 8.78 Å². The summed E-state index contributed by atoms with van der Waals surface area (Å²) in [5.41, 5.74) is 5.45. The maximum Gasteiger partial charge on any atom is 0.182 e. The third-order valence-corrected chi connectivity index (χ3v) is 5.95. The molecule has 1 unspecified atom stereocenters. The molecule has 0 fully saturated rings. The lowest BCUT2D eigenvalue weighted by atomic mass is 9.90. The minimum absolute atomic E-state index is 0.00563. The molecule has 3 aromatic heterocycles. The van der Waals surface area contributed by atoms with Gasteiger partial charge in [0.05, 0.1) is 5.69 Å². The van der Waals surface area contributed by atoms with Gasteiger partial charge in [0.25, 0.3) is 0 Å². The van der Waals surface area contributed by atoms with Gasteiger partial charge in [-0.1, -0.05) is 19.1 Å². The summed E-state index contributed by atoms with van der Waals surface area (Å²) in [4.78, 5) is 9.12. The molecule has 34 heavy (non-hydrogen) atoms. The largest absolute Gasteiger partial charge is 0.299 e.